The Morgan fingerprint density at radius 3 is 2.00 bits per heavy atom. The molecule has 0 unspecified atom stereocenters. The molecule has 0 aromatic carbocycles. The Kier molecular flexibility index (Phi) is 6.30. The predicted octanol–water partition coefficient (Wildman–Crippen LogP) is -3.72. The van der Waals surface area contributed by atoms with Gasteiger partial charge in [-0.25, -0.2) is 0 Å². The van der Waals surface area contributed by atoms with E-state index in [0.29, 0.717) is 0 Å². The molecule has 136 valence electrons. The summed E-state index contributed by atoms with van der Waals surface area (Å²) in [6.45, 7) is 0.932. The Bertz CT molecular complexity index is 380. The maximum absolute atomic E-state index is 10.1. The highest BCUT2D eigenvalue weighted by molar-refractivity contribution is 4.93. The van der Waals surface area contributed by atoms with Crippen LogP contribution in [0, 0.1) is 0 Å². The fourth-order valence-electron chi connectivity index (χ4n) is 2.70. The molecule has 0 amide bonds. The molecule has 23 heavy (non-hydrogen) atoms. The number of rotatable bonds is 4. The second kappa shape index (κ2) is 7.66. The quantitative estimate of drug-likeness (QED) is 0.300. The molecular formula is C13H24O10. The van der Waals surface area contributed by atoms with Crippen LogP contribution in [0.15, 0.2) is 0 Å². The monoisotopic (exact) mass is 340 g/mol. The van der Waals surface area contributed by atoms with Gasteiger partial charge >= 0.3 is 0 Å². The van der Waals surface area contributed by atoms with Crippen molar-refractivity contribution in [3.63, 3.8) is 0 Å². The van der Waals surface area contributed by atoms with E-state index < -0.39 is 68.0 Å². The number of methoxy groups -OCH3 is 1. The van der Waals surface area contributed by atoms with Crippen LogP contribution in [0.2, 0.25) is 0 Å². The fourth-order valence-corrected chi connectivity index (χ4v) is 2.70. The summed E-state index contributed by atoms with van der Waals surface area (Å²) >= 11 is 0. The zero-order valence-electron chi connectivity index (χ0n) is 12.8. The average molecular weight is 340 g/mol. The lowest BCUT2D eigenvalue weighted by atomic mass is 9.97. The summed E-state index contributed by atoms with van der Waals surface area (Å²) < 4.78 is 20.8. The fraction of sp³-hybridized carbons (Fsp3) is 1.00. The first-order valence-corrected chi connectivity index (χ1v) is 7.32. The Hall–Kier alpha value is -0.400. The summed E-state index contributed by atoms with van der Waals surface area (Å²) in [5.41, 5.74) is 0. The van der Waals surface area contributed by atoms with E-state index in [2.05, 4.69) is 0 Å². The molecule has 10 atom stereocenters. The Morgan fingerprint density at radius 1 is 0.826 bits per heavy atom. The number of hydrogen-bond donors (Lipinski definition) is 6. The third-order valence-electron chi connectivity index (χ3n) is 4.15. The van der Waals surface area contributed by atoms with Gasteiger partial charge in [0, 0.05) is 7.11 Å². The minimum absolute atomic E-state index is 0.544. The topological polar surface area (TPSA) is 158 Å². The molecule has 10 heteroatoms. The smallest absolute Gasteiger partial charge is 0.187 e. The van der Waals surface area contributed by atoms with Crippen molar-refractivity contribution in [2.75, 3.05) is 13.7 Å². The number of aliphatic hydroxyl groups is 6. The zero-order valence-corrected chi connectivity index (χ0v) is 12.8. The summed E-state index contributed by atoms with van der Waals surface area (Å²) in [5, 5.41) is 58.8. The first kappa shape index (κ1) is 18.9. The molecule has 0 aliphatic carbocycles. The maximum atomic E-state index is 10.1. The van der Waals surface area contributed by atoms with Crippen molar-refractivity contribution in [3.05, 3.63) is 0 Å². The molecule has 0 radical (unpaired) electrons. The van der Waals surface area contributed by atoms with Gasteiger partial charge in [-0.15, -0.1) is 0 Å². The van der Waals surface area contributed by atoms with Crippen LogP contribution in [-0.2, 0) is 18.9 Å². The molecule has 10 nitrogen and oxygen atoms in total. The molecule has 6 N–H and O–H groups in total. The van der Waals surface area contributed by atoms with Crippen molar-refractivity contribution in [2.24, 2.45) is 0 Å². The van der Waals surface area contributed by atoms with Gasteiger partial charge in [0.2, 0.25) is 0 Å². The van der Waals surface area contributed by atoms with Crippen LogP contribution in [0.4, 0.5) is 0 Å². The molecule has 2 rings (SSSR count). The van der Waals surface area contributed by atoms with Gasteiger partial charge in [-0.1, -0.05) is 0 Å². The Labute approximate surface area is 132 Å². The van der Waals surface area contributed by atoms with E-state index >= 15 is 0 Å². The van der Waals surface area contributed by atoms with Gasteiger partial charge in [-0.2, -0.15) is 0 Å². The van der Waals surface area contributed by atoms with Gasteiger partial charge < -0.3 is 49.6 Å². The highest BCUT2D eigenvalue weighted by atomic mass is 16.7. The number of aliphatic hydroxyl groups excluding tert-OH is 6. The minimum atomic E-state index is -1.58. The standard InChI is InChI=1S/C13H24O10/c1-4-6(15)7(16)9(18)13(21-4)23-11-5(3-14)22-12(20-2)10(19)8(11)17/h4-19H,3H2,1-2H3/t4-,5+,6-,7+,8+,9+,10+,11+,12-,13-/m0/s1. The van der Waals surface area contributed by atoms with E-state index in [1.807, 2.05) is 0 Å². The molecule has 2 saturated heterocycles. The minimum Gasteiger partial charge on any atom is -0.394 e. The first-order valence-electron chi connectivity index (χ1n) is 7.32. The predicted molar refractivity (Wildman–Crippen MR) is 72.0 cm³/mol. The lowest BCUT2D eigenvalue weighted by Crippen LogP contribution is -2.64. The van der Waals surface area contributed by atoms with Crippen molar-refractivity contribution in [1.29, 1.82) is 0 Å². The third-order valence-corrected chi connectivity index (χ3v) is 4.15. The summed E-state index contributed by atoms with van der Waals surface area (Å²) in [4.78, 5) is 0. The van der Waals surface area contributed by atoms with Gasteiger partial charge in [0.15, 0.2) is 12.6 Å². The largest absolute Gasteiger partial charge is 0.394 e. The lowest BCUT2D eigenvalue weighted by Gasteiger charge is -2.45. The van der Waals surface area contributed by atoms with E-state index in [0.717, 1.165) is 0 Å². The number of ether oxygens (including phenoxy) is 4. The van der Waals surface area contributed by atoms with Crippen LogP contribution in [-0.4, -0.2) is 106 Å². The molecule has 2 heterocycles. The molecule has 2 fully saturated rings. The third kappa shape index (κ3) is 3.66. The molecular weight excluding hydrogens is 316 g/mol. The SMILES string of the molecule is CO[C@H]1O[C@H](CO)[C@@H](O[C@@H]2O[C@@H](C)[C@H](O)[C@@H](O)[C@H]2O)[C@H](O)[C@H]1O. The van der Waals surface area contributed by atoms with Gasteiger partial charge in [-0.05, 0) is 6.92 Å². The van der Waals surface area contributed by atoms with Crippen LogP contribution in [0.3, 0.4) is 0 Å². The zero-order chi connectivity index (χ0) is 17.3. The van der Waals surface area contributed by atoms with Crippen LogP contribution in [0.1, 0.15) is 6.92 Å². The van der Waals surface area contributed by atoms with Crippen molar-refractivity contribution in [3.8, 4) is 0 Å². The molecule has 0 spiro atoms. The van der Waals surface area contributed by atoms with E-state index in [1.165, 1.54) is 14.0 Å². The van der Waals surface area contributed by atoms with E-state index in [-0.39, 0.29) is 0 Å². The highest BCUT2D eigenvalue weighted by Crippen LogP contribution is 2.29. The van der Waals surface area contributed by atoms with Crippen molar-refractivity contribution in [1.82, 2.24) is 0 Å². The van der Waals surface area contributed by atoms with Gasteiger partial charge in [0.25, 0.3) is 0 Å². The van der Waals surface area contributed by atoms with E-state index in [9.17, 15) is 30.6 Å². The molecule has 2 aliphatic heterocycles. The summed E-state index contributed by atoms with van der Waals surface area (Å²) in [6, 6.07) is 0. The molecule has 0 aromatic rings. The van der Waals surface area contributed by atoms with Crippen molar-refractivity contribution in [2.45, 2.75) is 68.3 Å². The second-order valence-electron chi connectivity index (χ2n) is 5.72. The average Bonchev–Trinajstić information content (AvgIpc) is 2.54. The van der Waals surface area contributed by atoms with Crippen molar-refractivity contribution < 1.29 is 49.6 Å². The van der Waals surface area contributed by atoms with Crippen LogP contribution >= 0.6 is 0 Å². The summed E-state index contributed by atoms with van der Waals surface area (Å²) in [7, 11) is 1.27. The van der Waals surface area contributed by atoms with Crippen LogP contribution < -0.4 is 0 Å². The maximum Gasteiger partial charge on any atom is 0.187 e. The van der Waals surface area contributed by atoms with Gasteiger partial charge in [0.05, 0.1) is 12.7 Å². The summed E-state index contributed by atoms with van der Waals surface area (Å²) in [6.07, 6.45) is -13.0. The Morgan fingerprint density at radius 2 is 1.43 bits per heavy atom. The van der Waals surface area contributed by atoms with E-state index in [1.54, 1.807) is 0 Å². The normalized spacial score (nSPS) is 51.7. The van der Waals surface area contributed by atoms with Crippen molar-refractivity contribution >= 4 is 0 Å². The summed E-state index contributed by atoms with van der Waals surface area (Å²) in [5.74, 6) is 0. The molecule has 0 bridgehead atoms. The van der Waals surface area contributed by atoms with Gasteiger partial charge in [-0.3, -0.25) is 0 Å². The number of hydrogen-bond acceptors (Lipinski definition) is 10. The van der Waals surface area contributed by atoms with E-state index in [4.69, 9.17) is 18.9 Å². The van der Waals surface area contributed by atoms with Gasteiger partial charge in [0.1, 0.15) is 42.7 Å². The first-order chi connectivity index (χ1) is 10.8. The highest BCUT2D eigenvalue weighted by Gasteiger charge is 2.49. The molecule has 0 saturated carbocycles. The Balaban J connectivity index is 2.10. The van der Waals surface area contributed by atoms with Crippen LogP contribution in [0.5, 0.6) is 0 Å². The molecule has 2 aliphatic rings. The molecule has 0 aromatic heterocycles. The van der Waals surface area contributed by atoms with Crippen LogP contribution in [0.25, 0.3) is 0 Å². The second-order valence-corrected chi connectivity index (χ2v) is 5.72. The lowest BCUT2D eigenvalue weighted by molar-refractivity contribution is -0.354.